The number of ether oxygens (including phenoxy) is 4. The van der Waals surface area contributed by atoms with E-state index in [0.29, 0.717) is 32.7 Å². The van der Waals surface area contributed by atoms with Gasteiger partial charge in [0.2, 0.25) is 0 Å². The molecule has 0 amide bonds. The van der Waals surface area contributed by atoms with Gasteiger partial charge in [-0.15, -0.1) is 0 Å². The van der Waals surface area contributed by atoms with Crippen molar-refractivity contribution < 1.29 is 28.5 Å². The minimum atomic E-state index is -1.13. The van der Waals surface area contributed by atoms with E-state index in [2.05, 4.69) is 4.74 Å². The van der Waals surface area contributed by atoms with E-state index in [9.17, 15) is 9.59 Å². The molecule has 1 aliphatic rings. The van der Waals surface area contributed by atoms with Gasteiger partial charge in [0, 0.05) is 26.2 Å². The van der Waals surface area contributed by atoms with Gasteiger partial charge in [-0.2, -0.15) is 0 Å². The molecule has 0 aromatic rings. The molecule has 1 unspecified atom stereocenters. The molecule has 0 N–H and O–H groups in total. The van der Waals surface area contributed by atoms with Gasteiger partial charge in [-0.3, -0.25) is 9.59 Å². The van der Waals surface area contributed by atoms with Crippen molar-refractivity contribution in [2.45, 2.75) is 46.0 Å². The van der Waals surface area contributed by atoms with E-state index in [1.165, 1.54) is 0 Å². The van der Waals surface area contributed by atoms with Crippen molar-refractivity contribution in [2.75, 3.05) is 19.8 Å². The smallest absolute Gasteiger partial charge is 0.317 e. The van der Waals surface area contributed by atoms with Crippen molar-refractivity contribution in [2.24, 2.45) is 5.92 Å². The van der Waals surface area contributed by atoms with Gasteiger partial charge >= 0.3 is 11.9 Å². The largest absolute Gasteiger partial charge is 0.393 e. The lowest BCUT2D eigenvalue weighted by Crippen LogP contribution is -2.40. The van der Waals surface area contributed by atoms with E-state index < -0.39 is 23.8 Å². The zero-order chi connectivity index (χ0) is 14.3. The third kappa shape index (κ3) is 4.56. The third-order valence-electron chi connectivity index (χ3n) is 2.85. The molecule has 1 aliphatic heterocycles. The molecular weight excluding hydrogens is 252 g/mol. The summed E-state index contributed by atoms with van der Waals surface area (Å²) in [6, 6.07) is 0. The summed E-state index contributed by atoms with van der Waals surface area (Å²) in [7, 11) is 0. The van der Waals surface area contributed by atoms with E-state index in [-0.39, 0.29) is 6.42 Å². The predicted octanol–water partition coefficient (Wildman–Crippen LogP) is 1.62. The molecule has 0 aliphatic carbocycles. The van der Waals surface area contributed by atoms with Gasteiger partial charge in [0.25, 0.3) is 5.97 Å². The van der Waals surface area contributed by atoms with Gasteiger partial charge in [0.1, 0.15) is 0 Å². The fourth-order valence-electron chi connectivity index (χ4n) is 2.09. The molecule has 0 radical (unpaired) electrons. The number of carbonyl (C=O) groups is 2. The molecule has 1 saturated heterocycles. The van der Waals surface area contributed by atoms with Crippen LogP contribution in [-0.4, -0.2) is 37.7 Å². The van der Waals surface area contributed by atoms with Crippen LogP contribution in [0.1, 0.15) is 40.0 Å². The maximum atomic E-state index is 11.4. The van der Waals surface area contributed by atoms with E-state index in [0.717, 1.165) is 0 Å². The first kappa shape index (κ1) is 16.1. The standard InChI is InChI=1S/C13H22O6/c1-4-16-13(17-5-2,18-6-3)8-7-10-9-11(14)19-12(10)15/h10H,4-9H2,1-3H3. The molecule has 6 nitrogen and oxygen atoms in total. The summed E-state index contributed by atoms with van der Waals surface area (Å²) in [5.41, 5.74) is 0. The van der Waals surface area contributed by atoms with Crippen LogP contribution in [0.4, 0.5) is 0 Å². The van der Waals surface area contributed by atoms with E-state index in [1.807, 2.05) is 20.8 Å². The molecule has 0 spiro atoms. The fourth-order valence-corrected chi connectivity index (χ4v) is 2.09. The summed E-state index contributed by atoms with van der Waals surface area (Å²) < 4.78 is 21.2. The Morgan fingerprint density at radius 1 is 1.11 bits per heavy atom. The van der Waals surface area contributed by atoms with Crippen molar-refractivity contribution in [1.82, 2.24) is 0 Å². The number of hydrogen-bond acceptors (Lipinski definition) is 6. The van der Waals surface area contributed by atoms with Crippen LogP contribution in [0.5, 0.6) is 0 Å². The predicted molar refractivity (Wildman–Crippen MR) is 66.0 cm³/mol. The quantitative estimate of drug-likeness (QED) is 0.361. The molecule has 0 saturated carbocycles. The molecular formula is C13H22O6. The molecule has 6 heteroatoms. The lowest BCUT2D eigenvalue weighted by molar-refractivity contribution is -0.380. The Hall–Kier alpha value is -0.980. The summed E-state index contributed by atoms with van der Waals surface area (Å²) in [5.74, 6) is -2.49. The van der Waals surface area contributed by atoms with E-state index in [4.69, 9.17) is 14.2 Å². The maximum Gasteiger partial charge on any atom is 0.317 e. The average molecular weight is 274 g/mol. The summed E-state index contributed by atoms with van der Waals surface area (Å²) in [6.07, 6.45) is 0.944. The lowest BCUT2D eigenvalue weighted by Gasteiger charge is -2.32. The van der Waals surface area contributed by atoms with E-state index >= 15 is 0 Å². The summed E-state index contributed by atoms with van der Waals surface area (Å²) in [4.78, 5) is 22.4. The van der Waals surface area contributed by atoms with Crippen LogP contribution >= 0.6 is 0 Å². The normalized spacial score (nSPS) is 19.8. The Morgan fingerprint density at radius 3 is 2.00 bits per heavy atom. The van der Waals surface area contributed by atoms with Crippen molar-refractivity contribution in [3.8, 4) is 0 Å². The SMILES string of the molecule is CCOC(CCC1CC(=O)OC1=O)(OCC)OCC. The van der Waals surface area contributed by atoms with E-state index in [1.54, 1.807) is 0 Å². The van der Waals surface area contributed by atoms with Crippen LogP contribution < -0.4 is 0 Å². The van der Waals surface area contributed by atoms with Crippen LogP contribution in [0, 0.1) is 5.92 Å². The molecule has 0 bridgehead atoms. The number of rotatable bonds is 9. The van der Waals surface area contributed by atoms with Gasteiger partial charge in [-0.1, -0.05) is 0 Å². The second-order valence-electron chi connectivity index (χ2n) is 4.21. The lowest BCUT2D eigenvalue weighted by atomic mass is 10.0. The molecule has 1 fully saturated rings. The highest BCUT2D eigenvalue weighted by Gasteiger charge is 2.38. The Labute approximate surface area is 113 Å². The average Bonchev–Trinajstić information content (AvgIpc) is 2.66. The fraction of sp³-hybridized carbons (Fsp3) is 0.846. The first-order chi connectivity index (χ1) is 9.06. The highest BCUT2D eigenvalue weighted by molar-refractivity contribution is 5.94. The van der Waals surface area contributed by atoms with Crippen LogP contribution in [0.2, 0.25) is 0 Å². The van der Waals surface area contributed by atoms with Crippen molar-refractivity contribution >= 4 is 11.9 Å². The second kappa shape index (κ2) is 7.57. The van der Waals surface area contributed by atoms with Gasteiger partial charge < -0.3 is 18.9 Å². The maximum absolute atomic E-state index is 11.4. The van der Waals surface area contributed by atoms with Crippen molar-refractivity contribution in [3.63, 3.8) is 0 Å². The van der Waals surface area contributed by atoms with Gasteiger partial charge in [0.05, 0.1) is 12.3 Å². The van der Waals surface area contributed by atoms with Crippen LogP contribution in [-0.2, 0) is 28.5 Å². The monoisotopic (exact) mass is 274 g/mol. The van der Waals surface area contributed by atoms with Crippen molar-refractivity contribution in [1.29, 1.82) is 0 Å². The summed E-state index contributed by atoms with van der Waals surface area (Å²) in [6.45, 7) is 6.86. The number of carbonyl (C=O) groups excluding carboxylic acids is 2. The van der Waals surface area contributed by atoms with Crippen molar-refractivity contribution in [3.05, 3.63) is 0 Å². The minimum Gasteiger partial charge on any atom is -0.393 e. The summed E-state index contributed by atoms with van der Waals surface area (Å²) >= 11 is 0. The number of cyclic esters (lactones) is 2. The number of esters is 2. The first-order valence-electron chi connectivity index (χ1n) is 6.73. The Bertz CT molecular complexity index is 297. The topological polar surface area (TPSA) is 71.1 Å². The van der Waals surface area contributed by atoms with Crippen LogP contribution in [0.25, 0.3) is 0 Å². The van der Waals surface area contributed by atoms with Crippen LogP contribution in [0.3, 0.4) is 0 Å². The Balaban J connectivity index is 2.60. The Kier molecular flexibility index (Phi) is 6.41. The molecule has 110 valence electrons. The number of hydrogen-bond donors (Lipinski definition) is 0. The zero-order valence-corrected chi connectivity index (χ0v) is 11.8. The van der Waals surface area contributed by atoms with Gasteiger partial charge in [0.15, 0.2) is 0 Å². The zero-order valence-electron chi connectivity index (χ0n) is 11.8. The first-order valence-corrected chi connectivity index (χ1v) is 6.73. The van der Waals surface area contributed by atoms with Gasteiger partial charge in [-0.05, 0) is 27.2 Å². The molecule has 19 heavy (non-hydrogen) atoms. The molecule has 1 heterocycles. The second-order valence-corrected chi connectivity index (χ2v) is 4.21. The van der Waals surface area contributed by atoms with Gasteiger partial charge in [-0.25, -0.2) is 0 Å². The third-order valence-corrected chi connectivity index (χ3v) is 2.85. The molecule has 0 aromatic heterocycles. The summed E-state index contributed by atoms with van der Waals surface area (Å²) in [5, 5.41) is 0. The van der Waals surface area contributed by atoms with Crippen LogP contribution in [0.15, 0.2) is 0 Å². The highest BCUT2D eigenvalue weighted by Crippen LogP contribution is 2.28. The highest BCUT2D eigenvalue weighted by atomic mass is 16.9. The molecule has 1 rings (SSSR count). The Morgan fingerprint density at radius 2 is 1.63 bits per heavy atom. The molecule has 1 atom stereocenters. The molecule has 0 aromatic carbocycles. The minimum absolute atomic E-state index is 0.124.